The number of amides is 1. The fourth-order valence-electron chi connectivity index (χ4n) is 2.14. The zero-order valence-electron chi connectivity index (χ0n) is 10.1. The van der Waals surface area contributed by atoms with Gasteiger partial charge in [0.1, 0.15) is 0 Å². The summed E-state index contributed by atoms with van der Waals surface area (Å²) >= 11 is 0. The van der Waals surface area contributed by atoms with E-state index in [1.807, 2.05) is 6.92 Å². The molecule has 3 unspecified atom stereocenters. The van der Waals surface area contributed by atoms with Crippen molar-refractivity contribution in [1.29, 1.82) is 0 Å². The number of rotatable bonds is 5. The molecule has 0 bridgehead atoms. The lowest BCUT2D eigenvalue weighted by atomic mass is 9.92. The maximum absolute atomic E-state index is 11.6. The first-order chi connectivity index (χ1) is 7.59. The molecule has 0 aromatic carbocycles. The molecule has 1 saturated carbocycles. The molecule has 4 N–H and O–H groups in total. The molecule has 4 heteroatoms. The first kappa shape index (κ1) is 13.5. The summed E-state index contributed by atoms with van der Waals surface area (Å²) in [4.78, 5) is 11.6. The molecular weight excluding hydrogens is 204 g/mol. The zero-order chi connectivity index (χ0) is 12.0. The third kappa shape index (κ3) is 4.94. The van der Waals surface area contributed by atoms with Crippen molar-refractivity contribution in [3.8, 4) is 0 Å². The van der Waals surface area contributed by atoms with Crippen LogP contribution in [-0.2, 0) is 4.79 Å². The molecule has 1 rings (SSSR count). The lowest BCUT2D eigenvalue weighted by molar-refractivity contribution is -0.123. The zero-order valence-corrected chi connectivity index (χ0v) is 10.1. The maximum atomic E-state index is 11.6. The molecule has 0 aliphatic heterocycles. The number of aliphatic hydroxyl groups excluding tert-OH is 1. The van der Waals surface area contributed by atoms with Crippen molar-refractivity contribution in [2.24, 2.45) is 5.73 Å². The maximum Gasteiger partial charge on any atom is 0.220 e. The third-order valence-electron chi connectivity index (χ3n) is 3.14. The van der Waals surface area contributed by atoms with Gasteiger partial charge in [0, 0.05) is 12.5 Å². The summed E-state index contributed by atoms with van der Waals surface area (Å²) in [5, 5.41) is 12.6. The number of nitrogens with one attached hydrogen (secondary N) is 1. The Hall–Kier alpha value is -0.610. The quantitative estimate of drug-likeness (QED) is 0.655. The molecule has 0 aromatic rings. The minimum Gasteiger partial charge on any atom is -0.391 e. The standard InChI is InChI=1S/C12H24N2O2/c1-9(13)5-4-8-12(16)14-10-6-2-3-7-11(10)15/h9-11,15H,2-8,13H2,1H3,(H,14,16). The Morgan fingerprint density at radius 3 is 2.81 bits per heavy atom. The predicted octanol–water partition coefficient (Wildman–Crippen LogP) is 0.924. The van der Waals surface area contributed by atoms with Gasteiger partial charge in [-0.3, -0.25) is 4.79 Å². The number of carbonyl (C=O) groups is 1. The molecule has 16 heavy (non-hydrogen) atoms. The number of hydrogen-bond donors (Lipinski definition) is 3. The summed E-state index contributed by atoms with van der Waals surface area (Å²) in [6.45, 7) is 1.95. The molecule has 94 valence electrons. The minimum atomic E-state index is -0.355. The van der Waals surface area contributed by atoms with Gasteiger partial charge in [-0.2, -0.15) is 0 Å². The van der Waals surface area contributed by atoms with Crippen LogP contribution in [-0.4, -0.2) is 29.2 Å². The smallest absolute Gasteiger partial charge is 0.220 e. The monoisotopic (exact) mass is 228 g/mol. The van der Waals surface area contributed by atoms with Crippen molar-refractivity contribution >= 4 is 5.91 Å². The van der Waals surface area contributed by atoms with E-state index in [0.717, 1.165) is 38.5 Å². The Labute approximate surface area is 97.6 Å². The van der Waals surface area contributed by atoms with Gasteiger partial charge in [0.25, 0.3) is 0 Å². The summed E-state index contributed by atoms with van der Waals surface area (Å²) in [6.07, 6.45) is 5.74. The highest BCUT2D eigenvalue weighted by Crippen LogP contribution is 2.18. The van der Waals surface area contributed by atoms with Crippen LogP contribution >= 0.6 is 0 Å². The fraction of sp³-hybridized carbons (Fsp3) is 0.917. The van der Waals surface area contributed by atoms with Crippen LogP contribution in [0.15, 0.2) is 0 Å². The van der Waals surface area contributed by atoms with Crippen molar-refractivity contribution in [3.63, 3.8) is 0 Å². The molecule has 3 atom stereocenters. The molecule has 1 aliphatic rings. The Morgan fingerprint density at radius 1 is 1.50 bits per heavy atom. The number of aliphatic hydroxyl groups is 1. The van der Waals surface area contributed by atoms with Crippen molar-refractivity contribution in [2.75, 3.05) is 0 Å². The van der Waals surface area contributed by atoms with Crippen LogP contribution < -0.4 is 11.1 Å². The molecule has 0 radical (unpaired) electrons. The molecule has 0 saturated heterocycles. The Kier molecular flexibility index (Phi) is 5.77. The lowest BCUT2D eigenvalue weighted by Crippen LogP contribution is -2.45. The number of hydrogen-bond acceptors (Lipinski definition) is 3. The molecular formula is C12H24N2O2. The third-order valence-corrected chi connectivity index (χ3v) is 3.14. The highest BCUT2D eigenvalue weighted by molar-refractivity contribution is 5.76. The van der Waals surface area contributed by atoms with Crippen LogP contribution in [0.25, 0.3) is 0 Å². The highest BCUT2D eigenvalue weighted by atomic mass is 16.3. The second-order valence-electron chi connectivity index (χ2n) is 4.90. The van der Waals surface area contributed by atoms with Gasteiger partial charge >= 0.3 is 0 Å². The average molecular weight is 228 g/mol. The van der Waals surface area contributed by atoms with Crippen LogP contribution in [0.3, 0.4) is 0 Å². The van der Waals surface area contributed by atoms with Crippen LogP contribution in [0.4, 0.5) is 0 Å². The lowest BCUT2D eigenvalue weighted by Gasteiger charge is -2.28. The van der Waals surface area contributed by atoms with Gasteiger partial charge in [-0.05, 0) is 32.6 Å². The van der Waals surface area contributed by atoms with Crippen LogP contribution in [0.5, 0.6) is 0 Å². The van der Waals surface area contributed by atoms with Crippen LogP contribution in [0, 0.1) is 0 Å². The number of carbonyl (C=O) groups excluding carboxylic acids is 1. The van der Waals surface area contributed by atoms with Gasteiger partial charge in [-0.1, -0.05) is 12.8 Å². The van der Waals surface area contributed by atoms with E-state index < -0.39 is 0 Å². The summed E-state index contributed by atoms with van der Waals surface area (Å²) in [6, 6.07) is 0.129. The van der Waals surface area contributed by atoms with E-state index in [4.69, 9.17) is 5.73 Å². The van der Waals surface area contributed by atoms with Crippen molar-refractivity contribution in [1.82, 2.24) is 5.32 Å². The Balaban J connectivity index is 2.17. The van der Waals surface area contributed by atoms with Gasteiger partial charge in [-0.25, -0.2) is 0 Å². The van der Waals surface area contributed by atoms with Crippen LogP contribution in [0.1, 0.15) is 51.9 Å². The van der Waals surface area contributed by atoms with Gasteiger partial charge in [0.2, 0.25) is 5.91 Å². The molecule has 0 heterocycles. The van der Waals surface area contributed by atoms with Crippen molar-refractivity contribution in [2.45, 2.75) is 70.1 Å². The summed E-state index contributed by atoms with van der Waals surface area (Å²) in [5.74, 6) is 0.0478. The molecule has 0 aromatic heterocycles. The highest BCUT2D eigenvalue weighted by Gasteiger charge is 2.23. The first-order valence-corrected chi connectivity index (χ1v) is 6.32. The summed E-state index contributed by atoms with van der Waals surface area (Å²) < 4.78 is 0. The van der Waals surface area contributed by atoms with Gasteiger partial charge in [0.15, 0.2) is 0 Å². The second-order valence-corrected chi connectivity index (χ2v) is 4.90. The van der Waals surface area contributed by atoms with E-state index in [-0.39, 0.29) is 24.1 Å². The van der Waals surface area contributed by atoms with Crippen molar-refractivity contribution < 1.29 is 9.90 Å². The molecule has 4 nitrogen and oxygen atoms in total. The van der Waals surface area contributed by atoms with E-state index in [9.17, 15) is 9.90 Å². The predicted molar refractivity (Wildman–Crippen MR) is 63.9 cm³/mol. The van der Waals surface area contributed by atoms with Crippen LogP contribution in [0.2, 0.25) is 0 Å². The summed E-state index contributed by atoms with van der Waals surface area (Å²) in [5.41, 5.74) is 5.61. The van der Waals surface area contributed by atoms with E-state index in [0.29, 0.717) is 6.42 Å². The van der Waals surface area contributed by atoms with E-state index in [1.54, 1.807) is 0 Å². The van der Waals surface area contributed by atoms with Gasteiger partial charge in [-0.15, -0.1) is 0 Å². The van der Waals surface area contributed by atoms with E-state index in [2.05, 4.69) is 5.32 Å². The molecule has 1 amide bonds. The van der Waals surface area contributed by atoms with E-state index >= 15 is 0 Å². The normalized spacial score (nSPS) is 27.4. The van der Waals surface area contributed by atoms with Crippen molar-refractivity contribution in [3.05, 3.63) is 0 Å². The van der Waals surface area contributed by atoms with Gasteiger partial charge < -0.3 is 16.2 Å². The Bertz CT molecular complexity index is 219. The SMILES string of the molecule is CC(N)CCCC(=O)NC1CCCCC1O. The Morgan fingerprint density at radius 2 is 2.19 bits per heavy atom. The fourth-order valence-corrected chi connectivity index (χ4v) is 2.14. The first-order valence-electron chi connectivity index (χ1n) is 6.32. The van der Waals surface area contributed by atoms with Gasteiger partial charge in [0.05, 0.1) is 12.1 Å². The molecule has 0 spiro atoms. The molecule has 1 fully saturated rings. The second kappa shape index (κ2) is 6.86. The largest absolute Gasteiger partial charge is 0.391 e. The topological polar surface area (TPSA) is 75.4 Å². The number of nitrogens with two attached hydrogens (primary N) is 1. The average Bonchev–Trinajstić information content (AvgIpc) is 2.21. The summed E-state index contributed by atoms with van der Waals surface area (Å²) in [7, 11) is 0. The molecule has 1 aliphatic carbocycles. The minimum absolute atomic E-state index is 0.0310. The van der Waals surface area contributed by atoms with E-state index in [1.165, 1.54) is 0 Å².